The Morgan fingerprint density at radius 1 is 1.16 bits per heavy atom. The first-order valence-corrected chi connectivity index (χ1v) is 12.6. The summed E-state index contributed by atoms with van der Waals surface area (Å²) in [5.41, 5.74) is 3.61. The number of halogens is 2. The van der Waals surface area contributed by atoms with Crippen molar-refractivity contribution in [3.8, 4) is 11.5 Å². The van der Waals surface area contributed by atoms with E-state index in [1.807, 2.05) is 73.7 Å². The van der Waals surface area contributed by atoms with Crippen LogP contribution in [0.4, 0.5) is 11.6 Å². The third-order valence-corrected chi connectivity index (χ3v) is 6.78. The summed E-state index contributed by atoms with van der Waals surface area (Å²) in [6.45, 7) is 2.18. The first-order chi connectivity index (χ1) is 17.9. The largest absolute Gasteiger partial charge is 0.493 e. The molecule has 188 valence electrons. The molecular weight excluding hydrogens is 558 g/mol. The molecule has 1 aromatic heterocycles. The number of anilines is 2. The van der Waals surface area contributed by atoms with Crippen molar-refractivity contribution in [3.63, 3.8) is 0 Å². The van der Waals surface area contributed by atoms with Crippen LogP contribution < -0.4 is 20.1 Å². The summed E-state index contributed by atoms with van der Waals surface area (Å²) in [6.07, 6.45) is 1.45. The number of hydrogen-bond donors (Lipinski definition) is 2. The summed E-state index contributed by atoms with van der Waals surface area (Å²) in [5, 5.41) is 11.2. The number of carbonyl (C=O) groups excluding carboxylic acids is 1. The highest BCUT2D eigenvalue weighted by Gasteiger charge is 2.34. The van der Waals surface area contributed by atoms with E-state index in [1.165, 1.54) is 6.33 Å². The molecule has 1 unspecified atom stereocenters. The van der Waals surface area contributed by atoms with Crippen LogP contribution in [0.1, 0.15) is 24.1 Å². The van der Waals surface area contributed by atoms with Crippen LogP contribution >= 0.6 is 27.5 Å². The number of para-hydroxylation sites is 1. The van der Waals surface area contributed by atoms with Gasteiger partial charge in [-0.1, -0.05) is 41.9 Å². The summed E-state index contributed by atoms with van der Waals surface area (Å²) in [6, 6.07) is 20.0. The average Bonchev–Trinajstić information content (AvgIpc) is 3.36. The van der Waals surface area contributed by atoms with Crippen LogP contribution in [0, 0.1) is 0 Å². The maximum atomic E-state index is 13.5. The zero-order valence-corrected chi connectivity index (χ0v) is 22.4. The molecule has 1 aliphatic heterocycles. The smallest absolute Gasteiger partial charge is 0.255 e. The molecule has 2 N–H and O–H groups in total. The summed E-state index contributed by atoms with van der Waals surface area (Å²) in [7, 11) is 1.58. The van der Waals surface area contributed by atoms with Crippen molar-refractivity contribution in [2.24, 2.45) is 0 Å². The van der Waals surface area contributed by atoms with Gasteiger partial charge in [0, 0.05) is 16.4 Å². The molecule has 0 bridgehead atoms. The van der Waals surface area contributed by atoms with Crippen molar-refractivity contribution >= 4 is 45.1 Å². The minimum Gasteiger partial charge on any atom is -0.493 e. The molecule has 4 aromatic rings. The minimum absolute atomic E-state index is 0.250. The number of methoxy groups -OCH3 is 1. The molecule has 2 heterocycles. The van der Waals surface area contributed by atoms with Gasteiger partial charge in [-0.15, -0.1) is 0 Å². The van der Waals surface area contributed by atoms with Crippen molar-refractivity contribution in [2.75, 3.05) is 17.7 Å². The quantitative estimate of drug-likeness (QED) is 0.270. The van der Waals surface area contributed by atoms with Crippen LogP contribution in [-0.4, -0.2) is 27.8 Å². The lowest BCUT2D eigenvalue weighted by atomic mass is 9.94. The van der Waals surface area contributed by atoms with Gasteiger partial charge in [0.1, 0.15) is 19.0 Å². The van der Waals surface area contributed by atoms with E-state index < -0.39 is 6.04 Å². The number of nitrogens with zero attached hydrogens (tertiary/aromatic N) is 3. The summed E-state index contributed by atoms with van der Waals surface area (Å²) < 4.78 is 14.2. The number of fused-ring (bicyclic) bond motifs is 1. The Kier molecular flexibility index (Phi) is 7.16. The Morgan fingerprint density at radius 3 is 2.65 bits per heavy atom. The second kappa shape index (κ2) is 10.7. The SMILES string of the molecule is COc1cc(C2C(C(=O)Nc3ccccc3)=C(C)Nc3ncnn32)cc(Br)c1OCc1ccc(Cl)cc1. The molecule has 0 aliphatic carbocycles. The van der Waals surface area contributed by atoms with E-state index in [-0.39, 0.29) is 5.91 Å². The molecule has 0 saturated carbocycles. The van der Waals surface area contributed by atoms with E-state index in [9.17, 15) is 4.79 Å². The van der Waals surface area contributed by atoms with Gasteiger partial charge in [0.25, 0.3) is 5.91 Å². The Labute approximate surface area is 227 Å². The number of nitrogens with one attached hydrogen (secondary N) is 2. The van der Waals surface area contributed by atoms with Crippen LogP contribution in [-0.2, 0) is 11.4 Å². The van der Waals surface area contributed by atoms with Crippen LogP contribution in [0.3, 0.4) is 0 Å². The van der Waals surface area contributed by atoms with Gasteiger partial charge < -0.3 is 20.1 Å². The Balaban J connectivity index is 1.51. The average molecular weight is 581 g/mol. The third-order valence-electron chi connectivity index (χ3n) is 5.93. The topological polar surface area (TPSA) is 90.3 Å². The van der Waals surface area contributed by atoms with Gasteiger partial charge in [0.15, 0.2) is 11.5 Å². The zero-order chi connectivity index (χ0) is 25.9. The van der Waals surface area contributed by atoms with Gasteiger partial charge >= 0.3 is 0 Å². The molecule has 5 rings (SSSR count). The minimum atomic E-state index is -0.557. The van der Waals surface area contributed by atoms with Gasteiger partial charge in [-0.3, -0.25) is 4.79 Å². The molecular formula is C27H23BrClN5O3. The second-order valence-corrected chi connectivity index (χ2v) is 9.65. The molecule has 3 aromatic carbocycles. The fourth-order valence-electron chi connectivity index (χ4n) is 4.19. The molecule has 0 fully saturated rings. The molecule has 1 atom stereocenters. The maximum absolute atomic E-state index is 13.5. The molecule has 8 nitrogen and oxygen atoms in total. The lowest BCUT2D eigenvalue weighted by molar-refractivity contribution is -0.113. The number of amides is 1. The Morgan fingerprint density at radius 2 is 1.92 bits per heavy atom. The van der Waals surface area contributed by atoms with Gasteiger partial charge in [-0.25, -0.2) is 4.68 Å². The first-order valence-electron chi connectivity index (χ1n) is 11.4. The van der Waals surface area contributed by atoms with E-state index in [1.54, 1.807) is 11.8 Å². The van der Waals surface area contributed by atoms with E-state index in [4.69, 9.17) is 21.1 Å². The summed E-state index contributed by atoms with van der Waals surface area (Å²) in [4.78, 5) is 17.8. The Bertz CT molecular complexity index is 1470. The van der Waals surface area contributed by atoms with Crippen molar-refractivity contribution in [2.45, 2.75) is 19.6 Å². The molecule has 0 radical (unpaired) electrons. The van der Waals surface area contributed by atoms with E-state index in [0.29, 0.717) is 50.5 Å². The third kappa shape index (κ3) is 5.19. The van der Waals surface area contributed by atoms with Gasteiger partial charge in [-0.2, -0.15) is 10.1 Å². The van der Waals surface area contributed by atoms with Crippen molar-refractivity contribution in [1.29, 1.82) is 0 Å². The molecule has 1 aliphatic rings. The predicted molar refractivity (Wildman–Crippen MR) is 146 cm³/mol. The van der Waals surface area contributed by atoms with Gasteiger partial charge in [0.05, 0.1) is 17.2 Å². The van der Waals surface area contributed by atoms with Crippen molar-refractivity contribution in [3.05, 3.63) is 105 Å². The zero-order valence-electron chi connectivity index (χ0n) is 20.0. The van der Waals surface area contributed by atoms with Gasteiger partial charge in [0.2, 0.25) is 5.95 Å². The van der Waals surface area contributed by atoms with Crippen molar-refractivity contribution in [1.82, 2.24) is 14.8 Å². The van der Waals surface area contributed by atoms with E-state index >= 15 is 0 Å². The van der Waals surface area contributed by atoms with Crippen LogP contribution in [0.5, 0.6) is 11.5 Å². The number of benzene rings is 3. The van der Waals surface area contributed by atoms with Crippen molar-refractivity contribution < 1.29 is 14.3 Å². The number of aromatic nitrogens is 3. The lowest BCUT2D eigenvalue weighted by Gasteiger charge is -2.29. The Hall–Kier alpha value is -3.82. The molecule has 37 heavy (non-hydrogen) atoms. The van der Waals surface area contributed by atoms with E-state index in [0.717, 1.165) is 11.1 Å². The maximum Gasteiger partial charge on any atom is 0.255 e. The van der Waals surface area contributed by atoms with Gasteiger partial charge in [-0.05, 0) is 70.4 Å². The normalized spacial score (nSPS) is 14.5. The molecule has 0 saturated heterocycles. The highest BCUT2D eigenvalue weighted by molar-refractivity contribution is 9.10. The number of carbonyl (C=O) groups is 1. The fraction of sp³-hybridized carbons (Fsp3) is 0.148. The molecule has 0 spiro atoms. The lowest BCUT2D eigenvalue weighted by Crippen LogP contribution is -2.31. The standard InChI is InChI=1S/C27H23BrClN5O3/c1-16-23(26(35)33-20-6-4-3-5-7-20)24(34-27(32-16)30-15-31-34)18-12-21(28)25(22(13-18)36-2)37-14-17-8-10-19(29)11-9-17/h3-13,15,24H,14H2,1-2H3,(H,33,35)(H,30,31,32). The number of ether oxygens (including phenoxy) is 2. The molecule has 10 heteroatoms. The van der Waals surface area contributed by atoms with Crippen LogP contribution in [0.2, 0.25) is 5.02 Å². The number of rotatable bonds is 7. The highest BCUT2D eigenvalue weighted by Crippen LogP contribution is 2.43. The second-order valence-electron chi connectivity index (χ2n) is 8.36. The highest BCUT2D eigenvalue weighted by atomic mass is 79.9. The van der Waals surface area contributed by atoms with E-state index in [2.05, 4.69) is 36.6 Å². The molecule has 1 amide bonds. The monoisotopic (exact) mass is 579 g/mol. The number of allylic oxidation sites excluding steroid dienone is 1. The van der Waals surface area contributed by atoms with Crippen LogP contribution in [0.15, 0.2) is 88.8 Å². The number of hydrogen-bond acceptors (Lipinski definition) is 6. The van der Waals surface area contributed by atoms with Crippen LogP contribution in [0.25, 0.3) is 0 Å². The summed E-state index contributed by atoms with van der Waals surface area (Å²) >= 11 is 9.64. The fourth-order valence-corrected chi connectivity index (χ4v) is 4.89. The predicted octanol–water partition coefficient (Wildman–Crippen LogP) is 6.21. The first kappa shape index (κ1) is 24.9. The summed E-state index contributed by atoms with van der Waals surface area (Å²) in [5.74, 6) is 1.35.